The Morgan fingerprint density at radius 2 is 0.821 bits per heavy atom. The molecule has 0 aliphatic carbocycles. The molecule has 2 aliphatic heterocycles. The Morgan fingerprint density at radius 3 is 1.18 bits per heavy atom. The third-order valence-electron chi connectivity index (χ3n) is 7.57. The Bertz CT molecular complexity index is 1290. The summed E-state index contributed by atoms with van der Waals surface area (Å²) in [6.07, 6.45) is 3.11. The number of hydrogen-bond donors (Lipinski definition) is 0. The van der Waals surface area contributed by atoms with Gasteiger partial charge in [-0.15, -0.1) is 0 Å². The second-order valence-electron chi connectivity index (χ2n) is 10.6. The van der Waals surface area contributed by atoms with Crippen LogP contribution in [0.2, 0.25) is 0 Å². The zero-order valence-electron chi connectivity index (χ0n) is 22.2. The van der Waals surface area contributed by atoms with Crippen LogP contribution in [0.25, 0.3) is 0 Å². The van der Waals surface area contributed by atoms with Crippen LogP contribution in [0.1, 0.15) is 22.3 Å². The van der Waals surface area contributed by atoms with Crippen molar-refractivity contribution >= 4 is 11.8 Å². The summed E-state index contributed by atoms with van der Waals surface area (Å²) in [7, 11) is 0. The van der Waals surface area contributed by atoms with Gasteiger partial charge < -0.3 is 9.47 Å². The lowest BCUT2D eigenvalue weighted by Gasteiger charge is -2.32. The predicted octanol–water partition coefficient (Wildman–Crippen LogP) is 6.54. The first-order chi connectivity index (χ1) is 19.3. The summed E-state index contributed by atoms with van der Waals surface area (Å²) >= 11 is 0. The van der Waals surface area contributed by atoms with E-state index in [1.165, 1.54) is 22.3 Å². The van der Waals surface area contributed by atoms with Gasteiger partial charge in [-0.2, -0.15) is 0 Å². The molecule has 2 atom stereocenters. The molecule has 4 heteroatoms. The molecule has 0 spiro atoms. The molecule has 39 heavy (non-hydrogen) atoms. The minimum Gasteiger partial charge on any atom is -0.478 e. The summed E-state index contributed by atoms with van der Waals surface area (Å²) in [6, 6.07) is 42.4. The molecule has 0 fully saturated rings. The average Bonchev–Trinajstić information content (AvgIpc) is 3.66. The van der Waals surface area contributed by atoms with E-state index in [2.05, 4.69) is 121 Å². The van der Waals surface area contributed by atoms with Crippen molar-refractivity contribution in [3.63, 3.8) is 0 Å². The van der Waals surface area contributed by atoms with Crippen molar-refractivity contribution in [3.8, 4) is 0 Å². The van der Waals surface area contributed by atoms with Crippen LogP contribution in [0, 0.1) is 5.41 Å². The van der Waals surface area contributed by atoms with E-state index >= 15 is 0 Å². The number of ether oxygens (including phenoxy) is 2. The van der Waals surface area contributed by atoms with Crippen molar-refractivity contribution in [2.24, 2.45) is 15.4 Å². The lowest BCUT2D eigenvalue weighted by Crippen LogP contribution is -2.44. The summed E-state index contributed by atoms with van der Waals surface area (Å²) in [5, 5.41) is 0. The van der Waals surface area contributed by atoms with Gasteiger partial charge >= 0.3 is 0 Å². The number of hydrogen-bond acceptors (Lipinski definition) is 4. The Morgan fingerprint density at radius 1 is 0.487 bits per heavy atom. The molecule has 0 radical (unpaired) electrons. The van der Waals surface area contributed by atoms with E-state index in [-0.39, 0.29) is 12.1 Å². The van der Waals surface area contributed by atoms with Crippen LogP contribution in [-0.4, -0.2) is 37.1 Å². The van der Waals surface area contributed by atoms with Crippen LogP contribution in [0.5, 0.6) is 0 Å². The third kappa shape index (κ3) is 5.96. The number of benzene rings is 4. The Hall–Kier alpha value is -4.18. The van der Waals surface area contributed by atoms with E-state index in [1.807, 2.05) is 0 Å². The molecule has 4 aromatic carbocycles. The van der Waals surface area contributed by atoms with Crippen LogP contribution in [-0.2, 0) is 35.2 Å². The molecular formula is C35H34N2O2. The highest BCUT2D eigenvalue weighted by molar-refractivity contribution is 6.07. The SMILES string of the molecule is c1ccc(C[C@H]2COC(C(Cc3ccccc3)(Cc3ccccc3)C3=N[C@@H](Cc4ccccc4)CO3)=N2)cc1. The smallest absolute Gasteiger partial charge is 0.200 e. The van der Waals surface area contributed by atoms with E-state index in [9.17, 15) is 0 Å². The maximum atomic E-state index is 6.50. The summed E-state index contributed by atoms with van der Waals surface area (Å²) in [5.74, 6) is 1.49. The zero-order chi connectivity index (χ0) is 26.3. The lowest BCUT2D eigenvalue weighted by atomic mass is 9.75. The fourth-order valence-corrected chi connectivity index (χ4v) is 5.68. The first-order valence-electron chi connectivity index (χ1n) is 13.8. The molecule has 2 aliphatic rings. The summed E-state index contributed by atoms with van der Waals surface area (Å²) < 4.78 is 13.0. The van der Waals surface area contributed by atoms with E-state index in [1.54, 1.807) is 0 Å². The first kappa shape index (κ1) is 25.1. The fraction of sp³-hybridized carbons (Fsp3) is 0.257. The van der Waals surface area contributed by atoms with Crippen molar-refractivity contribution in [2.75, 3.05) is 13.2 Å². The van der Waals surface area contributed by atoms with Gasteiger partial charge in [-0.1, -0.05) is 121 Å². The van der Waals surface area contributed by atoms with Gasteiger partial charge in [-0.25, -0.2) is 9.98 Å². The largest absolute Gasteiger partial charge is 0.478 e. The Labute approximate surface area is 231 Å². The summed E-state index contributed by atoms with van der Waals surface area (Å²) in [6.45, 7) is 1.13. The van der Waals surface area contributed by atoms with Gasteiger partial charge in [0.25, 0.3) is 0 Å². The maximum Gasteiger partial charge on any atom is 0.200 e. The maximum absolute atomic E-state index is 6.50. The normalized spacial score (nSPS) is 18.7. The third-order valence-corrected chi connectivity index (χ3v) is 7.57. The molecule has 0 saturated carbocycles. The van der Waals surface area contributed by atoms with Crippen molar-refractivity contribution < 1.29 is 9.47 Å². The van der Waals surface area contributed by atoms with Gasteiger partial charge in [0.2, 0.25) is 0 Å². The minimum atomic E-state index is -0.625. The predicted molar refractivity (Wildman–Crippen MR) is 157 cm³/mol. The van der Waals surface area contributed by atoms with Crippen LogP contribution in [0.3, 0.4) is 0 Å². The molecular weight excluding hydrogens is 480 g/mol. The molecule has 0 saturated heterocycles. The Kier molecular flexibility index (Phi) is 7.53. The molecule has 0 unspecified atom stereocenters. The molecule has 0 aromatic heterocycles. The van der Waals surface area contributed by atoms with Crippen molar-refractivity contribution in [1.82, 2.24) is 0 Å². The highest BCUT2D eigenvalue weighted by atomic mass is 16.5. The van der Waals surface area contributed by atoms with E-state index in [0.717, 1.165) is 24.6 Å². The number of nitrogens with zero attached hydrogens (tertiary/aromatic N) is 2. The average molecular weight is 515 g/mol. The second kappa shape index (κ2) is 11.7. The van der Waals surface area contributed by atoms with Crippen molar-refractivity contribution in [1.29, 1.82) is 0 Å². The highest BCUT2D eigenvalue weighted by Crippen LogP contribution is 2.38. The highest BCUT2D eigenvalue weighted by Gasteiger charge is 2.49. The molecule has 4 nitrogen and oxygen atoms in total. The number of aliphatic imine (C=N–C) groups is 2. The van der Waals surface area contributed by atoms with Gasteiger partial charge in [-0.3, -0.25) is 0 Å². The molecule has 196 valence electrons. The molecule has 2 heterocycles. The van der Waals surface area contributed by atoms with Gasteiger partial charge in [-0.05, 0) is 47.9 Å². The molecule has 0 amide bonds. The molecule has 6 rings (SSSR count). The standard InChI is InChI=1S/C35H34N2O2/c1-5-13-27(14-6-1)21-31-25-38-33(36-31)35(23-29-17-9-3-10-18-29,24-30-19-11-4-12-20-30)34-37-32(26-39-34)22-28-15-7-2-8-16-28/h1-20,31-32H,21-26H2/t31-,32-/m0/s1. The van der Waals surface area contributed by atoms with Gasteiger partial charge in [0.1, 0.15) is 18.6 Å². The second-order valence-corrected chi connectivity index (χ2v) is 10.6. The molecule has 4 aromatic rings. The van der Waals surface area contributed by atoms with E-state index in [4.69, 9.17) is 19.5 Å². The van der Waals surface area contributed by atoms with Gasteiger partial charge in [0.05, 0.1) is 12.1 Å². The quantitative estimate of drug-likeness (QED) is 0.241. The monoisotopic (exact) mass is 514 g/mol. The minimum absolute atomic E-state index is 0.0652. The Balaban J connectivity index is 1.39. The van der Waals surface area contributed by atoms with Crippen molar-refractivity contribution in [3.05, 3.63) is 144 Å². The van der Waals surface area contributed by atoms with Crippen LogP contribution < -0.4 is 0 Å². The number of rotatable bonds is 10. The lowest BCUT2D eigenvalue weighted by molar-refractivity contribution is 0.248. The zero-order valence-corrected chi connectivity index (χ0v) is 22.2. The van der Waals surface area contributed by atoms with E-state index in [0.29, 0.717) is 26.1 Å². The van der Waals surface area contributed by atoms with Gasteiger partial charge in [0.15, 0.2) is 11.8 Å². The van der Waals surface area contributed by atoms with Crippen LogP contribution in [0.15, 0.2) is 131 Å². The van der Waals surface area contributed by atoms with Crippen molar-refractivity contribution in [2.45, 2.75) is 37.8 Å². The summed E-state index contributed by atoms with van der Waals surface area (Å²) in [5.41, 5.74) is 4.34. The van der Waals surface area contributed by atoms with Crippen LogP contribution in [0.4, 0.5) is 0 Å². The molecule has 0 bridgehead atoms. The first-order valence-corrected chi connectivity index (χ1v) is 13.8. The summed E-state index contributed by atoms with van der Waals surface area (Å²) in [4.78, 5) is 10.5. The van der Waals surface area contributed by atoms with Crippen LogP contribution >= 0.6 is 0 Å². The van der Waals surface area contributed by atoms with Gasteiger partial charge in [0, 0.05) is 0 Å². The van der Waals surface area contributed by atoms with E-state index < -0.39 is 5.41 Å². The molecule has 0 N–H and O–H groups in total. The topological polar surface area (TPSA) is 43.2 Å². The fourth-order valence-electron chi connectivity index (χ4n) is 5.68.